The number of amides is 1. The Kier molecular flexibility index (Phi) is 5.84. The average Bonchev–Trinajstić information content (AvgIpc) is 3.26. The lowest BCUT2D eigenvalue weighted by molar-refractivity contribution is -0.132. The van der Waals surface area contributed by atoms with Crippen molar-refractivity contribution in [2.24, 2.45) is 0 Å². The molecule has 1 aliphatic rings. The van der Waals surface area contributed by atoms with Gasteiger partial charge in [-0.3, -0.25) is 9.20 Å². The van der Waals surface area contributed by atoms with Crippen LogP contribution < -0.4 is 0 Å². The lowest BCUT2D eigenvalue weighted by Crippen LogP contribution is -2.44. The van der Waals surface area contributed by atoms with Gasteiger partial charge in [-0.2, -0.15) is 0 Å². The van der Waals surface area contributed by atoms with Gasteiger partial charge in [-0.25, -0.2) is 4.98 Å². The number of fused-ring (bicyclic) bond motifs is 3. The molecule has 0 saturated carbocycles. The van der Waals surface area contributed by atoms with E-state index in [-0.39, 0.29) is 11.8 Å². The number of hydrogen-bond acceptors (Lipinski definition) is 6. The van der Waals surface area contributed by atoms with E-state index in [1.807, 2.05) is 0 Å². The zero-order valence-electron chi connectivity index (χ0n) is 17.9. The maximum atomic E-state index is 12.9. The van der Waals surface area contributed by atoms with Crippen LogP contribution in [-0.4, -0.2) is 48.7 Å². The van der Waals surface area contributed by atoms with Gasteiger partial charge in [0.05, 0.1) is 11.1 Å². The number of piperidine rings is 1. The summed E-state index contributed by atoms with van der Waals surface area (Å²) in [6.07, 6.45) is 4.48. The zero-order valence-corrected chi connectivity index (χ0v) is 19.5. The molecule has 0 unspecified atom stereocenters. The first-order chi connectivity index (χ1) is 13.9. The van der Waals surface area contributed by atoms with Gasteiger partial charge in [0.25, 0.3) is 0 Å². The highest BCUT2D eigenvalue weighted by atomic mass is 32.2. The molecule has 0 N–H and O–H groups in total. The molecule has 0 bridgehead atoms. The maximum absolute atomic E-state index is 12.9. The first-order valence-corrected chi connectivity index (χ1v) is 12.3. The van der Waals surface area contributed by atoms with Gasteiger partial charge in [0.1, 0.15) is 10.7 Å². The van der Waals surface area contributed by atoms with E-state index in [4.69, 9.17) is 4.98 Å². The highest BCUT2D eigenvalue weighted by molar-refractivity contribution is 7.99. The molecule has 4 heterocycles. The molecule has 1 fully saturated rings. The van der Waals surface area contributed by atoms with Gasteiger partial charge in [-0.15, -0.1) is 21.5 Å². The molecule has 6 nitrogen and oxygen atoms in total. The van der Waals surface area contributed by atoms with Crippen molar-refractivity contribution in [1.29, 1.82) is 0 Å². The topological polar surface area (TPSA) is 63.4 Å². The van der Waals surface area contributed by atoms with Crippen molar-refractivity contribution in [3.8, 4) is 0 Å². The molecular formula is C21H29N5OS2. The Labute approximate surface area is 180 Å². The summed E-state index contributed by atoms with van der Waals surface area (Å²) in [5.74, 6) is 1.80. The lowest BCUT2D eigenvalue weighted by atomic mass is 10.0. The molecule has 1 saturated heterocycles. The van der Waals surface area contributed by atoms with Gasteiger partial charge in [0.2, 0.25) is 5.91 Å². The van der Waals surface area contributed by atoms with E-state index in [9.17, 15) is 4.79 Å². The summed E-state index contributed by atoms with van der Waals surface area (Å²) < 4.78 is 2.07. The van der Waals surface area contributed by atoms with E-state index >= 15 is 0 Å². The predicted octanol–water partition coefficient (Wildman–Crippen LogP) is 4.96. The summed E-state index contributed by atoms with van der Waals surface area (Å²) in [5.41, 5.74) is 2.08. The number of rotatable bonds is 5. The summed E-state index contributed by atoms with van der Waals surface area (Å²) >= 11 is 3.20. The highest BCUT2D eigenvalue weighted by Gasteiger charge is 2.26. The summed E-state index contributed by atoms with van der Waals surface area (Å²) in [7, 11) is 0. The molecule has 1 amide bonds. The third-order valence-corrected chi connectivity index (χ3v) is 7.94. The molecule has 1 aliphatic heterocycles. The Morgan fingerprint density at radius 3 is 2.79 bits per heavy atom. The smallest absolute Gasteiger partial charge is 0.233 e. The molecule has 4 rings (SSSR count). The van der Waals surface area contributed by atoms with E-state index in [1.165, 1.54) is 28.6 Å². The fraction of sp³-hybridized carbons (Fsp3) is 0.619. The van der Waals surface area contributed by atoms with Crippen molar-refractivity contribution in [3.05, 3.63) is 16.3 Å². The lowest BCUT2D eigenvalue weighted by Gasteiger charge is -2.35. The van der Waals surface area contributed by atoms with Crippen molar-refractivity contribution >= 4 is 44.9 Å². The summed E-state index contributed by atoms with van der Waals surface area (Å²) in [4.78, 5) is 22.2. The monoisotopic (exact) mass is 431 g/mol. The van der Waals surface area contributed by atoms with Crippen LogP contribution in [-0.2, 0) is 4.79 Å². The van der Waals surface area contributed by atoms with E-state index in [0.717, 1.165) is 52.7 Å². The molecule has 3 aromatic heterocycles. The fourth-order valence-corrected chi connectivity index (χ4v) is 6.04. The van der Waals surface area contributed by atoms with Crippen molar-refractivity contribution in [3.63, 3.8) is 0 Å². The van der Waals surface area contributed by atoms with Crippen molar-refractivity contribution in [1.82, 2.24) is 24.5 Å². The Bertz CT molecular complexity index is 1050. The second-order valence-corrected chi connectivity index (χ2v) is 10.3. The molecule has 0 spiro atoms. The van der Waals surface area contributed by atoms with Gasteiger partial charge in [-0.05, 0) is 45.1 Å². The van der Waals surface area contributed by atoms with Crippen molar-refractivity contribution in [2.45, 2.75) is 77.4 Å². The third-order valence-electron chi connectivity index (χ3n) is 5.93. The van der Waals surface area contributed by atoms with Crippen LogP contribution in [0.25, 0.3) is 15.9 Å². The number of carbonyl (C=O) groups is 1. The van der Waals surface area contributed by atoms with E-state index < -0.39 is 0 Å². The molecule has 29 heavy (non-hydrogen) atoms. The van der Waals surface area contributed by atoms with Crippen molar-refractivity contribution in [2.75, 3.05) is 12.3 Å². The Morgan fingerprint density at radius 1 is 1.28 bits per heavy atom. The maximum Gasteiger partial charge on any atom is 0.233 e. The fourth-order valence-electron chi connectivity index (χ4n) is 4.19. The SMILES string of the molecule is CC[C@H]1CCCCN1C(=O)CSc1nnc2c3c(C)c(C)sc3nc(C(C)C)n12. The second kappa shape index (κ2) is 8.22. The Hall–Kier alpha value is -1.67. The van der Waals surface area contributed by atoms with E-state index in [1.54, 1.807) is 11.3 Å². The summed E-state index contributed by atoms with van der Waals surface area (Å²) in [6.45, 7) is 11.6. The highest BCUT2D eigenvalue weighted by Crippen LogP contribution is 2.35. The molecule has 0 aliphatic carbocycles. The molecule has 1 atom stereocenters. The largest absolute Gasteiger partial charge is 0.339 e. The number of thiophene rings is 1. The number of nitrogens with zero attached hydrogens (tertiary/aromatic N) is 5. The standard InChI is InChI=1S/C21H29N5OS2/c1-6-15-9-7-8-10-25(15)16(27)11-28-21-24-23-19-17-13(4)14(5)29-20(17)22-18(12(2)3)26(19)21/h12,15H,6-11H2,1-5H3/t15-/m0/s1. The molecule has 0 aromatic carbocycles. The Morgan fingerprint density at radius 2 is 2.07 bits per heavy atom. The minimum absolute atomic E-state index is 0.209. The van der Waals surface area contributed by atoms with Gasteiger partial charge >= 0.3 is 0 Å². The number of aromatic nitrogens is 4. The van der Waals surface area contributed by atoms with Gasteiger partial charge in [-0.1, -0.05) is 32.5 Å². The zero-order chi connectivity index (χ0) is 20.7. The van der Waals surface area contributed by atoms with Crippen LogP contribution in [0.15, 0.2) is 5.16 Å². The van der Waals surface area contributed by atoms with Crippen LogP contribution in [0.3, 0.4) is 0 Å². The summed E-state index contributed by atoms with van der Waals surface area (Å²) in [5, 5.41) is 10.8. The van der Waals surface area contributed by atoms with E-state index in [0.29, 0.717) is 11.8 Å². The molecule has 0 radical (unpaired) electrons. The molecular weight excluding hydrogens is 402 g/mol. The second-order valence-electron chi connectivity index (χ2n) is 8.16. The minimum atomic E-state index is 0.209. The Balaban J connectivity index is 1.67. The van der Waals surface area contributed by atoms with Gasteiger partial charge in [0.15, 0.2) is 10.8 Å². The minimum Gasteiger partial charge on any atom is -0.339 e. The number of hydrogen-bond donors (Lipinski definition) is 0. The van der Waals surface area contributed by atoms with Crippen LogP contribution in [0.5, 0.6) is 0 Å². The first kappa shape index (κ1) is 20.6. The normalized spacial score (nSPS) is 17.7. The van der Waals surface area contributed by atoms with Crippen molar-refractivity contribution < 1.29 is 4.79 Å². The van der Waals surface area contributed by atoms with Crippen LogP contribution in [0.1, 0.15) is 68.6 Å². The van der Waals surface area contributed by atoms with Crippen LogP contribution in [0.4, 0.5) is 0 Å². The number of carbonyl (C=O) groups excluding carboxylic acids is 1. The van der Waals surface area contributed by atoms with Crippen LogP contribution in [0, 0.1) is 13.8 Å². The number of thioether (sulfide) groups is 1. The van der Waals surface area contributed by atoms with Crippen LogP contribution >= 0.6 is 23.1 Å². The molecule has 156 valence electrons. The van der Waals surface area contributed by atoms with Crippen LogP contribution in [0.2, 0.25) is 0 Å². The van der Waals surface area contributed by atoms with E-state index in [2.05, 4.69) is 54.1 Å². The average molecular weight is 432 g/mol. The molecule has 8 heteroatoms. The van der Waals surface area contributed by atoms with Gasteiger partial charge in [0, 0.05) is 23.4 Å². The number of likely N-dealkylation sites (tertiary alicyclic amines) is 1. The molecule has 3 aromatic rings. The summed E-state index contributed by atoms with van der Waals surface area (Å²) in [6, 6.07) is 0.385. The third kappa shape index (κ3) is 3.65. The predicted molar refractivity (Wildman–Crippen MR) is 120 cm³/mol. The quantitative estimate of drug-likeness (QED) is 0.534. The first-order valence-electron chi connectivity index (χ1n) is 10.5. The number of aryl methyl sites for hydroxylation is 2. The van der Waals surface area contributed by atoms with Gasteiger partial charge < -0.3 is 4.90 Å².